The Bertz CT molecular complexity index is 455. The van der Waals surface area contributed by atoms with E-state index in [4.69, 9.17) is 0 Å². The zero-order chi connectivity index (χ0) is 15.7. The number of amides is 3. The van der Waals surface area contributed by atoms with Crippen molar-refractivity contribution in [1.29, 1.82) is 0 Å². The Morgan fingerprint density at radius 2 is 1.73 bits per heavy atom. The van der Waals surface area contributed by atoms with E-state index in [0.717, 1.165) is 51.6 Å². The van der Waals surface area contributed by atoms with Crippen LogP contribution < -0.4 is 5.32 Å². The van der Waals surface area contributed by atoms with Crippen molar-refractivity contribution < 1.29 is 14.4 Å². The van der Waals surface area contributed by atoms with E-state index in [-0.39, 0.29) is 42.1 Å². The minimum absolute atomic E-state index is 0.0646. The predicted molar refractivity (Wildman–Crippen MR) is 80.8 cm³/mol. The van der Waals surface area contributed by atoms with E-state index >= 15 is 0 Å². The molecular weight excluding hydrogens is 282 g/mol. The van der Waals surface area contributed by atoms with Gasteiger partial charge in [-0.1, -0.05) is 12.8 Å². The average molecular weight is 307 g/mol. The number of nitrogens with zero attached hydrogens (tertiary/aromatic N) is 2. The highest BCUT2D eigenvalue weighted by Gasteiger charge is 2.49. The van der Waals surface area contributed by atoms with Crippen LogP contribution in [0.15, 0.2) is 0 Å². The van der Waals surface area contributed by atoms with Gasteiger partial charge in [-0.3, -0.25) is 19.3 Å². The Hall–Kier alpha value is -1.43. The number of hydrogen-bond acceptors (Lipinski definition) is 4. The molecule has 22 heavy (non-hydrogen) atoms. The fraction of sp³-hybridized carbons (Fsp3) is 0.812. The van der Waals surface area contributed by atoms with Crippen molar-refractivity contribution in [2.45, 2.75) is 44.6 Å². The Labute approximate surface area is 131 Å². The van der Waals surface area contributed by atoms with Gasteiger partial charge in [-0.05, 0) is 32.7 Å². The number of fused-ring (bicyclic) bond motifs is 1. The average Bonchev–Trinajstić information content (AvgIpc) is 3.07. The van der Waals surface area contributed by atoms with Gasteiger partial charge < -0.3 is 10.2 Å². The van der Waals surface area contributed by atoms with Crippen molar-refractivity contribution >= 4 is 17.7 Å². The molecule has 1 saturated carbocycles. The van der Waals surface area contributed by atoms with Gasteiger partial charge in [0.15, 0.2) is 0 Å². The van der Waals surface area contributed by atoms with Gasteiger partial charge in [0.25, 0.3) is 0 Å². The first-order chi connectivity index (χ1) is 10.6. The maximum absolute atomic E-state index is 12.5. The van der Waals surface area contributed by atoms with E-state index in [1.807, 2.05) is 11.9 Å². The van der Waals surface area contributed by atoms with Gasteiger partial charge in [-0.2, -0.15) is 0 Å². The summed E-state index contributed by atoms with van der Waals surface area (Å²) in [6.45, 7) is 1.43. The molecule has 0 aromatic rings. The molecule has 6 heteroatoms. The molecule has 0 radical (unpaired) electrons. The highest BCUT2D eigenvalue weighted by atomic mass is 16.2. The minimum Gasteiger partial charge on any atom is -0.337 e. The van der Waals surface area contributed by atoms with Crippen LogP contribution in [-0.4, -0.2) is 60.2 Å². The summed E-state index contributed by atoms with van der Waals surface area (Å²) in [7, 11) is 1.87. The Kier molecular flexibility index (Phi) is 4.47. The van der Waals surface area contributed by atoms with Crippen molar-refractivity contribution in [3.8, 4) is 0 Å². The largest absolute Gasteiger partial charge is 0.337 e. The molecule has 0 spiro atoms. The number of rotatable bonds is 4. The van der Waals surface area contributed by atoms with E-state index in [9.17, 15) is 14.4 Å². The minimum atomic E-state index is -0.166. The van der Waals surface area contributed by atoms with Crippen LogP contribution in [0.4, 0.5) is 0 Å². The van der Waals surface area contributed by atoms with E-state index in [1.54, 1.807) is 0 Å². The summed E-state index contributed by atoms with van der Waals surface area (Å²) in [6.07, 6.45) is 5.60. The molecule has 0 aromatic carbocycles. The van der Waals surface area contributed by atoms with Crippen molar-refractivity contribution in [2.75, 3.05) is 26.7 Å². The van der Waals surface area contributed by atoms with Crippen LogP contribution in [0.3, 0.4) is 0 Å². The van der Waals surface area contributed by atoms with Crippen LogP contribution in [0, 0.1) is 11.8 Å². The van der Waals surface area contributed by atoms with Gasteiger partial charge >= 0.3 is 0 Å². The van der Waals surface area contributed by atoms with Gasteiger partial charge in [0.05, 0.1) is 11.8 Å². The summed E-state index contributed by atoms with van der Waals surface area (Å²) in [5.41, 5.74) is 0. The second-order valence-corrected chi connectivity index (χ2v) is 6.70. The molecule has 0 bridgehead atoms. The first-order valence-corrected chi connectivity index (χ1v) is 8.42. The molecule has 3 fully saturated rings. The number of nitrogens with one attached hydrogen (secondary N) is 1. The molecule has 2 saturated heterocycles. The summed E-state index contributed by atoms with van der Waals surface area (Å²) in [6, 6.07) is 0.188. The first kappa shape index (κ1) is 15.5. The number of likely N-dealkylation sites (tertiary alicyclic amines) is 2. The number of carbonyl (C=O) groups is 3. The predicted octanol–water partition coefficient (Wildman–Crippen LogP) is 0.372. The maximum Gasteiger partial charge on any atom is 0.243 e. The molecule has 2 aliphatic heterocycles. The van der Waals surface area contributed by atoms with Crippen LogP contribution in [0.25, 0.3) is 0 Å². The maximum atomic E-state index is 12.5. The molecule has 1 aliphatic carbocycles. The van der Waals surface area contributed by atoms with Gasteiger partial charge in [0.1, 0.15) is 6.54 Å². The van der Waals surface area contributed by atoms with Crippen LogP contribution >= 0.6 is 0 Å². The van der Waals surface area contributed by atoms with Crippen LogP contribution in [0.5, 0.6) is 0 Å². The smallest absolute Gasteiger partial charge is 0.243 e. The van der Waals surface area contributed by atoms with Gasteiger partial charge in [0, 0.05) is 19.1 Å². The molecule has 3 rings (SSSR count). The second kappa shape index (κ2) is 6.36. The van der Waals surface area contributed by atoms with E-state index in [2.05, 4.69) is 5.32 Å². The zero-order valence-corrected chi connectivity index (χ0v) is 13.2. The second-order valence-electron chi connectivity index (χ2n) is 6.70. The monoisotopic (exact) mass is 307 g/mol. The standard InChI is InChI=1S/C16H25N3O3/c1-17-9-11-5-4-8-18(11)14(20)10-19-15(21)12-6-2-3-7-13(12)16(19)22/h11-13,17H,2-10H2,1H3. The quantitative estimate of drug-likeness (QED) is 0.762. The summed E-state index contributed by atoms with van der Waals surface area (Å²) in [5.74, 6) is -0.653. The Morgan fingerprint density at radius 1 is 1.09 bits per heavy atom. The molecule has 122 valence electrons. The summed E-state index contributed by atoms with van der Waals surface area (Å²) in [4.78, 5) is 40.5. The van der Waals surface area contributed by atoms with Gasteiger partial charge in [-0.25, -0.2) is 0 Å². The highest BCUT2D eigenvalue weighted by Crippen LogP contribution is 2.38. The number of hydrogen-bond donors (Lipinski definition) is 1. The number of imide groups is 1. The number of carbonyl (C=O) groups excluding carboxylic acids is 3. The lowest BCUT2D eigenvalue weighted by atomic mass is 9.81. The Balaban J connectivity index is 1.66. The van der Waals surface area contributed by atoms with Crippen molar-refractivity contribution in [1.82, 2.24) is 15.1 Å². The van der Waals surface area contributed by atoms with Crippen LogP contribution in [-0.2, 0) is 14.4 Å². The third-order valence-corrected chi connectivity index (χ3v) is 5.36. The lowest BCUT2D eigenvalue weighted by molar-refractivity contribution is -0.146. The van der Waals surface area contributed by atoms with Crippen molar-refractivity contribution in [3.63, 3.8) is 0 Å². The molecule has 3 aliphatic rings. The molecule has 2 heterocycles. The molecule has 3 unspecified atom stereocenters. The lowest BCUT2D eigenvalue weighted by Gasteiger charge is -2.26. The third-order valence-electron chi connectivity index (χ3n) is 5.36. The molecule has 3 amide bonds. The van der Waals surface area contributed by atoms with Gasteiger partial charge in [0.2, 0.25) is 17.7 Å². The summed E-state index contributed by atoms with van der Waals surface area (Å²) in [5, 5.41) is 3.10. The summed E-state index contributed by atoms with van der Waals surface area (Å²) < 4.78 is 0. The van der Waals surface area contributed by atoms with Crippen LogP contribution in [0.2, 0.25) is 0 Å². The zero-order valence-electron chi connectivity index (χ0n) is 13.2. The molecule has 3 atom stereocenters. The van der Waals surface area contributed by atoms with E-state index in [1.165, 1.54) is 4.90 Å². The van der Waals surface area contributed by atoms with Crippen molar-refractivity contribution in [2.24, 2.45) is 11.8 Å². The summed E-state index contributed by atoms with van der Waals surface area (Å²) >= 11 is 0. The highest BCUT2D eigenvalue weighted by molar-refractivity contribution is 6.07. The molecule has 0 aromatic heterocycles. The molecule has 1 N–H and O–H groups in total. The lowest BCUT2D eigenvalue weighted by Crippen LogP contribution is -2.47. The number of likely N-dealkylation sites (N-methyl/N-ethyl adjacent to an activating group) is 1. The Morgan fingerprint density at radius 3 is 2.32 bits per heavy atom. The fourth-order valence-corrected chi connectivity index (χ4v) is 4.22. The van der Waals surface area contributed by atoms with E-state index in [0.29, 0.717) is 0 Å². The SMILES string of the molecule is CNCC1CCCN1C(=O)CN1C(=O)C2CCCCC2C1=O. The molecular formula is C16H25N3O3. The normalized spacial score (nSPS) is 31.8. The fourth-order valence-electron chi connectivity index (χ4n) is 4.22. The van der Waals surface area contributed by atoms with E-state index < -0.39 is 0 Å². The molecule has 6 nitrogen and oxygen atoms in total. The van der Waals surface area contributed by atoms with Crippen molar-refractivity contribution in [3.05, 3.63) is 0 Å². The third kappa shape index (κ3) is 2.64. The van der Waals surface area contributed by atoms with Gasteiger partial charge in [-0.15, -0.1) is 0 Å². The first-order valence-electron chi connectivity index (χ1n) is 8.42. The topological polar surface area (TPSA) is 69.7 Å². The van der Waals surface area contributed by atoms with Crippen LogP contribution in [0.1, 0.15) is 38.5 Å².